The zero-order valence-corrected chi connectivity index (χ0v) is 14.4. The van der Waals surface area contributed by atoms with E-state index in [0.29, 0.717) is 0 Å². The topological polar surface area (TPSA) is 27.6 Å². The van der Waals surface area contributed by atoms with Crippen LogP contribution in [-0.2, 0) is 0 Å². The van der Waals surface area contributed by atoms with E-state index >= 15 is 0 Å². The van der Waals surface area contributed by atoms with E-state index in [2.05, 4.69) is 22.3 Å². The van der Waals surface area contributed by atoms with Crippen LogP contribution < -0.4 is 5.32 Å². The fraction of sp³-hybridized carbons (Fsp3) is 0.150. The van der Waals surface area contributed by atoms with Crippen molar-refractivity contribution in [3.05, 3.63) is 83.0 Å². The minimum atomic E-state index is 0.774. The molecule has 0 saturated carbocycles. The number of aliphatic imine (C=N–C) groups is 1. The number of hydrogen-bond acceptors (Lipinski definition) is 3. The monoisotopic (exact) mass is 337 g/mol. The van der Waals surface area contributed by atoms with Crippen LogP contribution in [0.2, 0.25) is 0 Å². The van der Waals surface area contributed by atoms with Crippen LogP contribution in [0, 0.1) is 0 Å². The van der Waals surface area contributed by atoms with Crippen molar-refractivity contribution in [1.29, 1.82) is 0 Å². The van der Waals surface area contributed by atoms with E-state index in [1.54, 1.807) is 0 Å². The Balaban J connectivity index is 1.81. The average Bonchev–Trinajstić information content (AvgIpc) is 2.62. The highest BCUT2D eigenvalue weighted by Crippen LogP contribution is 2.25. The van der Waals surface area contributed by atoms with Crippen molar-refractivity contribution in [2.45, 2.75) is 0 Å². The number of rotatable bonds is 4. The lowest BCUT2D eigenvalue weighted by Gasteiger charge is -2.26. The molecular weight excluding hydrogens is 318 g/mol. The van der Waals surface area contributed by atoms with Crippen molar-refractivity contribution in [2.24, 2.45) is 4.99 Å². The lowest BCUT2D eigenvalue weighted by atomic mass is 10.1. The normalized spacial score (nSPS) is 17.7. The van der Waals surface area contributed by atoms with Crippen molar-refractivity contribution in [2.75, 3.05) is 25.5 Å². The van der Waals surface area contributed by atoms with Crippen LogP contribution in [-0.4, -0.2) is 31.3 Å². The highest BCUT2D eigenvalue weighted by Gasteiger charge is 2.18. The molecule has 0 aliphatic carbocycles. The molecule has 0 fully saturated rings. The molecule has 1 aliphatic heterocycles. The van der Waals surface area contributed by atoms with E-state index < -0.39 is 0 Å². The molecule has 0 amide bonds. The van der Waals surface area contributed by atoms with Crippen LogP contribution in [0.1, 0.15) is 0 Å². The van der Waals surface area contributed by atoms with Crippen LogP contribution in [0.5, 0.6) is 0 Å². The number of para-hydroxylation sites is 2. The van der Waals surface area contributed by atoms with Gasteiger partial charge in [0.15, 0.2) is 0 Å². The molecule has 24 heavy (non-hydrogen) atoms. The molecule has 0 saturated heterocycles. The predicted octanol–water partition coefficient (Wildman–Crippen LogP) is 4.82. The SMILES string of the molecule is CN1CC(C=Nc2ccccc2)=C(Cl)/C(=C/Nc2ccccc2)C1. The van der Waals surface area contributed by atoms with E-state index in [-0.39, 0.29) is 0 Å². The fourth-order valence-corrected chi connectivity index (χ4v) is 2.78. The second-order valence-electron chi connectivity index (χ2n) is 5.79. The summed E-state index contributed by atoms with van der Waals surface area (Å²) in [6.07, 6.45) is 3.84. The van der Waals surface area contributed by atoms with Crippen LogP contribution in [0.15, 0.2) is 88.0 Å². The van der Waals surface area contributed by atoms with Crippen LogP contribution in [0.3, 0.4) is 0 Å². The molecule has 2 aromatic rings. The van der Waals surface area contributed by atoms with E-state index in [9.17, 15) is 0 Å². The lowest BCUT2D eigenvalue weighted by molar-refractivity contribution is 0.391. The van der Waals surface area contributed by atoms with Gasteiger partial charge in [0.2, 0.25) is 0 Å². The summed E-state index contributed by atoms with van der Waals surface area (Å²) < 4.78 is 0. The number of hydrogen-bond donors (Lipinski definition) is 1. The van der Waals surface area contributed by atoms with Crippen LogP contribution in [0.25, 0.3) is 0 Å². The Kier molecular flexibility index (Phi) is 5.47. The van der Waals surface area contributed by atoms with E-state index in [4.69, 9.17) is 11.6 Å². The maximum atomic E-state index is 6.60. The Morgan fingerprint density at radius 3 is 2.38 bits per heavy atom. The van der Waals surface area contributed by atoms with Gasteiger partial charge >= 0.3 is 0 Å². The third-order valence-corrected chi connectivity index (χ3v) is 4.24. The molecule has 0 aromatic heterocycles. The molecule has 0 atom stereocenters. The van der Waals surface area contributed by atoms with Gasteiger partial charge in [0, 0.05) is 42.3 Å². The van der Waals surface area contributed by atoms with Gasteiger partial charge in [-0.05, 0) is 31.3 Å². The third kappa shape index (κ3) is 4.34. The molecule has 0 spiro atoms. The summed E-state index contributed by atoms with van der Waals surface area (Å²) >= 11 is 6.60. The first-order valence-corrected chi connectivity index (χ1v) is 8.27. The molecule has 0 bridgehead atoms. The van der Waals surface area contributed by atoms with Crippen molar-refractivity contribution in [1.82, 2.24) is 4.90 Å². The summed E-state index contributed by atoms with van der Waals surface area (Å²) in [5, 5.41) is 4.08. The van der Waals surface area contributed by atoms with Crippen molar-refractivity contribution >= 4 is 29.2 Å². The maximum absolute atomic E-state index is 6.60. The highest BCUT2D eigenvalue weighted by molar-refractivity contribution is 6.34. The van der Waals surface area contributed by atoms with Crippen molar-refractivity contribution < 1.29 is 0 Å². The zero-order chi connectivity index (χ0) is 16.8. The van der Waals surface area contributed by atoms with Crippen molar-refractivity contribution in [3.63, 3.8) is 0 Å². The standard InChI is InChI=1S/C20H20ClN3/c1-24-14-16(12-22-18-8-4-2-5-9-18)20(21)17(15-24)13-23-19-10-6-3-7-11-19/h2-13,22H,14-15H2,1H3/b16-12+,23-13?. The average molecular weight is 338 g/mol. The molecule has 1 heterocycles. The molecular formula is C20H20ClN3. The Bertz CT molecular complexity index is 764. The second kappa shape index (κ2) is 7.95. The van der Waals surface area contributed by atoms with Crippen LogP contribution >= 0.6 is 11.6 Å². The van der Waals surface area contributed by atoms with Gasteiger partial charge in [0.05, 0.1) is 10.7 Å². The van der Waals surface area contributed by atoms with E-state index in [1.165, 1.54) is 0 Å². The van der Waals surface area contributed by atoms with Crippen molar-refractivity contribution in [3.8, 4) is 0 Å². The molecule has 1 N–H and O–H groups in total. The van der Waals surface area contributed by atoms with Gasteiger partial charge in [0.1, 0.15) is 0 Å². The highest BCUT2D eigenvalue weighted by atomic mass is 35.5. The first-order chi connectivity index (χ1) is 11.7. The maximum Gasteiger partial charge on any atom is 0.0629 e. The van der Waals surface area contributed by atoms with Gasteiger partial charge in [0.25, 0.3) is 0 Å². The number of benzene rings is 2. The minimum absolute atomic E-state index is 0.774. The van der Waals surface area contributed by atoms with E-state index in [0.717, 1.165) is 40.6 Å². The Morgan fingerprint density at radius 2 is 1.67 bits per heavy atom. The van der Waals surface area contributed by atoms with Gasteiger partial charge in [-0.3, -0.25) is 9.89 Å². The molecule has 0 radical (unpaired) electrons. The molecule has 3 nitrogen and oxygen atoms in total. The summed E-state index contributed by atoms with van der Waals surface area (Å²) in [5.41, 5.74) is 4.05. The number of nitrogens with one attached hydrogen (secondary N) is 1. The number of nitrogens with zero attached hydrogens (tertiary/aromatic N) is 2. The molecule has 3 rings (SSSR count). The zero-order valence-electron chi connectivity index (χ0n) is 13.6. The van der Waals surface area contributed by atoms with Crippen LogP contribution in [0.4, 0.5) is 11.4 Å². The Labute approximate surface area is 148 Å². The van der Waals surface area contributed by atoms with E-state index in [1.807, 2.05) is 73.1 Å². The fourth-order valence-electron chi connectivity index (χ4n) is 2.56. The van der Waals surface area contributed by atoms with Gasteiger partial charge in [-0.1, -0.05) is 48.0 Å². The first-order valence-electron chi connectivity index (χ1n) is 7.89. The Morgan fingerprint density at radius 1 is 1.00 bits per heavy atom. The minimum Gasteiger partial charge on any atom is -0.361 e. The third-order valence-electron chi connectivity index (χ3n) is 3.76. The quantitative estimate of drug-likeness (QED) is 0.810. The molecule has 4 heteroatoms. The summed E-state index contributed by atoms with van der Waals surface area (Å²) in [6.45, 7) is 1.60. The number of anilines is 1. The Hall–Kier alpha value is -2.36. The van der Waals surface area contributed by atoms with Gasteiger partial charge in [-0.15, -0.1) is 0 Å². The van der Waals surface area contributed by atoms with Gasteiger partial charge < -0.3 is 5.32 Å². The first kappa shape index (κ1) is 16.5. The second-order valence-corrected chi connectivity index (χ2v) is 6.16. The molecule has 2 aromatic carbocycles. The molecule has 1 aliphatic rings. The molecule has 122 valence electrons. The summed E-state index contributed by atoms with van der Waals surface area (Å²) in [4.78, 5) is 6.74. The van der Waals surface area contributed by atoms with Gasteiger partial charge in [-0.25, -0.2) is 0 Å². The summed E-state index contributed by atoms with van der Waals surface area (Å²) in [6, 6.07) is 19.9. The molecule has 0 unspecified atom stereocenters. The number of likely N-dealkylation sites (N-methyl/N-ethyl adjacent to an activating group) is 1. The lowest BCUT2D eigenvalue weighted by Crippen LogP contribution is -2.29. The van der Waals surface area contributed by atoms with Gasteiger partial charge in [-0.2, -0.15) is 0 Å². The summed E-state index contributed by atoms with van der Waals surface area (Å²) in [5.74, 6) is 0. The smallest absolute Gasteiger partial charge is 0.0629 e. The largest absolute Gasteiger partial charge is 0.361 e. The predicted molar refractivity (Wildman–Crippen MR) is 103 cm³/mol. The number of halogens is 1. The summed E-state index contributed by atoms with van der Waals surface area (Å²) in [7, 11) is 2.08.